The fraction of sp³-hybridized carbons (Fsp3) is 0.538. The zero-order chi connectivity index (χ0) is 16.4. The van der Waals surface area contributed by atoms with Crippen LogP contribution >= 0.6 is 11.6 Å². The number of nitrogens with zero attached hydrogens (tertiary/aromatic N) is 2. The van der Waals surface area contributed by atoms with Gasteiger partial charge < -0.3 is 10.2 Å². The van der Waals surface area contributed by atoms with E-state index in [1.165, 1.54) is 11.9 Å². The van der Waals surface area contributed by atoms with Crippen molar-refractivity contribution in [3.63, 3.8) is 0 Å². The summed E-state index contributed by atoms with van der Waals surface area (Å²) in [6.45, 7) is 5.42. The summed E-state index contributed by atoms with van der Waals surface area (Å²) in [7, 11) is 1.53. The fourth-order valence-corrected chi connectivity index (χ4v) is 1.93. The van der Waals surface area contributed by atoms with E-state index in [1.807, 2.05) is 20.8 Å². The predicted octanol–water partition coefficient (Wildman–Crippen LogP) is 3.10. The Hall–Kier alpha value is -1.50. The van der Waals surface area contributed by atoms with Gasteiger partial charge in [0.05, 0.1) is 17.1 Å². The molecule has 21 heavy (non-hydrogen) atoms. The summed E-state index contributed by atoms with van der Waals surface area (Å²) in [5, 5.41) is 2.59. The van der Waals surface area contributed by atoms with Gasteiger partial charge in [0.1, 0.15) is 5.82 Å². The van der Waals surface area contributed by atoms with E-state index in [0.717, 1.165) is 6.07 Å². The third-order valence-electron chi connectivity index (χ3n) is 2.41. The number of hydrogen-bond donors (Lipinski definition) is 1. The van der Waals surface area contributed by atoms with E-state index in [4.69, 9.17) is 11.6 Å². The summed E-state index contributed by atoms with van der Waals surface area (Å²) < 4.78 is 37.6. The molecule has 0 unspecified atom stereocenters. The van der Waals surface area contributed by atoms with E-state index in [-0.39, 0.29) is 23.3 Å². The lowest BCUT2D eigenvalue weighted by Gasteiger charge is -2.24. The molecule has 0 saturated heterocycles. The van der Waals surface area contributed by atoms with Crippen LogP contribution in [0.4, 0.5) is 19.0 Å². The van der Waals surface area contributed by atoms with Gasteiger partial charge >= 0.3 is 6.18 Å². The van der Waals surface area contributed by atoms with Crippen LogP contribution in [0.3, 0.4) is 0 Å². The largest absolute Gasteiger partial charge is 0.417 e. The SMILES string of the molecule is CN(CC(=O)NC(C)(C)C)c1ncc(C(F)(F)F)cc1Cl. The number of anilines is 1. The summed E-state index contributed by atoms with van der Waals surface area (Å²) >= 11 is 5.81. The molecule has 0 saturated carbocycles. The number of amides is 1. The minimum atomic E-state index is -4.50. The molecule has 1 N–H and O–H groups in total. The van der Waals surface area contributed by atoms with Gasteiger partial charge in [-0.2, -0.15) is 13.2 Å². The van der Waals surface area contributed by atoms with E-state index in [1.54, 1.807) is 0 Å². The van der Waals surface area contributed by atoms with Crippen molar-refractivity contribution >= 4 is 23.3 Å². The number of rotatable bonds is 3. The quantitative estimate of drug-likeness (QED) is 0.929. The van der Waals surface area contributed by atoms with Crippen molar-refractivity contribution in [2.75, 3.05) is 18.5 Å². The first-order chi connectivity index (χ1) is 9.40. The molecule has 1 aromatic heterocycles. The van der Waals surface area contributed by atoms with Crippen LogP contribution in [0.5, 0.6) is 0 Å². The molecule has 0 aliphatic heterocycles. The Balaban J connectivity index is 2.84. The average Bonchev–Trinajstić information content (AvgIpc) is 2.24. The number of alkyl halides is 3. The Morgan fingerprint density at radius 2 is 1.95 bits per heavy atom. The lowest BCUT2D eigenvalue weighted by molar-refractivity contribution is -0.137. The first-order valence-electron chi connectivity index (χ1n) is 6.15. The van der Waals surface area contributed by atoms with E-state index in [9.17, 15) is 18.0 Å². The minimum Gasteiger partial charge on any atom is -0.350 e. The maximum atomic E-state index is 12.5. The lowest BCUT2D eigenvalue weighted by Crippen LogP contribution is -2.45. The number of carbonyl (C=O) groups is 1. The van der Waals surface area contributed by atoms with Gasteiger partial charge in [-0.25, -0.2) is 4.98 Å². The van der Waals surface area contributed by atoms with Crippen LogP contribution < -0.4 is 10.2 Å². The van der Waals surface area contributed by atoms with Gasteiger partial charge in [0, 0.05) is 18.8 Å². The molecule has 0 atom stereocenters. The van der Waals surface area contributed by atoms with Crippen LogP contribution in [0.1, 0.15) is 26.3 Å². The molecular weight excluding hydrogens is 307 g/mol. The molecule has 0 radical (unpaired) electrons. The number of aromatic nitrogens is 1. The van der Waals surface area contributed by atoms with E-state index in [2.05, 4.69) is 10.3 Å². The number of nitrogens with one attached hydrogen (secondary N) is 1. The van der Waals surface area contributed by atoms with Gasteiger partial charge in [-0.1, -0.05) is 11.6 Å². The van der Waals surface area contributed by atoms with Gasteiger partial charge in [0.2, 0.25) is 5.91 Å². The van der Waals surface area contributed by atoms with Crippen LogP contribution in [0.2, 0.25) is 5.02 Å². The molecule has 1 rings (SSSR count). The monoisotopic (exact) mass is 323 g/mol. The fourth-order valence-electron chi connectivity index (χ4n) is 1.61. The Kier molecular flexibility index (Phi) is 5.09. The lowest BCUT2D eigenvalue weighted by atomic mass is 10.1. The highest BCUT2D eigenvalue weighted by atomic mass is 35.5. The van der Waals surface area contributed by atoms with Crippen molar-refractivity contribution in [3.8, 4) is 0 Å². The molecule has 8 heteroatoms. The van der Waals surface area contributed by atoms with Crippen molar-refractivity contribution in [1.82, 2.24) is 10.3 Å². The Morgan fingerprint density at radius 3 is 2.38 bits per heavy atom. The van der Waals surface area contributed by atoms with Crippen LogP contribution in [-0.2, 0) is 11.0 Å². The molecule has 1 aromatic rings. The van der Waals surface area contributed by atoms with Crippen molar-refractivity contribution < 1.29 is 18.0 Å². The number of carbonyl (C=O) groups excluding carboxylic acids is 1. The zero-order valence-electron chi connectivity index (χ0n) is 12.2. The predicted molar refractivity (Wildman–Crippen MR) is 75.4 cm³/mol. The number of hydrogen-bond acceptors (Lipinski definition) is 3. The van der Waals surface area contributed by atoms with Gasteiger partial charge in [0.15, 0.2) is 0 Å². The summed E-state index contributed by atoms with van der Waals surface area (Å²) in [5.74, 6) is -0.156. The summed E-state index contributed by atoms with van der Waals surface area (Å²) in [4.78, 5) is 16.9. The second-order valence-corrected chi connectivity index (χ2v) is 6.09. The standard InChI is InChI=1S/C13H17ClF3N3O/c1-12(2,3)19-10(21)7-20(4)11-9(14)5-8(6-18-11)13(15,16)17/h5-6H,7H2,1-4H3,(H,19,21). The first-order valence-corrected chi connectivity index (χ1v) is 6.53. The topological polar surface area (TPSA) is 45.2 Å². The van der Waals surface area contributed by atoms with Gasteiger partial charge in [-0.15, -0.1) is 0 Å². The maximum Gasteiger partial charge on any atom is 0.417 e. The Morgan fingerprint density at radius 1 is 1.38 bits per heavy atom. The molecule has 0 fully saturated rings. The highest BCUT2D eigenvalue weighted by Gasteiger charge is 2.32. The van der Waals surface area contributed by atoms with Crippen LogP contribution in [0.15, 0.2) is 12.3 Å². The third kappa shape index (κ3) is 5.41. The first kappa shape index (κ1) is 17.6. The average molecular weight is 324 g/mol. The molecule has 0 aliphatic carbocycles. The second-order valence-electron chi connectivity index (χ2n) is 5.68. The molecule has 0 aromatic carbocycles. The molecule has 1 amide bonds. The van der Waals surface area contributed by atoms with E-state index >= 15 is 0 Å². The van der Waals surface area contributed by atoms with Gasteiger partial charge in [-0.3, -0.25) is 4.79 Å². The Bertz CT molecular complexity index is 526. The van der Waals surface area contributed by atoms with Crippen LogP contribution in [0, 0.1) is 0 Å². The normalized spacial score (nSPS) is 12.2. The summed E-state index contributed by atoms with van der Waals surface area (Å²) in [6, 6.07) is 0.794. The molecule has 0 bridgehead atoms. The summed E-state index contributed by atoms with van der Waals surface area (Å²) in [5.41, 5.74) is -1.32. The molecule has 1 heterocycles. The van der Waals surface area contributed by atoms with Crippen molar-refractivity contribution in [3.05, 3.63) is 22.8 Å². The molecule has 0 aliphatic rings. The maximum absolute atomic E-state index is 12.5. The number of pyridine rings is 1. The van der Waals surface area contributed by atoms with Crippen molar-refractivity contribution in [2.45, 2.75) is 32.5 Å². The molecular formula is C13H17ClF3N3O. The van der Waals surface area contributed by atoms with Crippen molar-refractivity contribution in [1.29, 1.82) is 0 Å². The van der Waals surface area contributed by atoms with Crippen LogP contribution in [0.25, 0.3) is 0 Å². The number of likely N-dealkylation sites (N-methyl/N-ethyl adjacent to an activating group) is 1. The summed E-state index contributed by atoms with van der Waals surface area (Å²) in [6.07, 6.45) is -3.81. The van der Waals surface area contributed by atoms with Gasteiger partial charge in [-0.05, 0) is 26.8 Å². The third-order valence-corrected chi connectivity index (χ3v) is 2.68. The van der Waals surface area contributed by atoms with E-state index < -0.39 is 17.3 Å². The Labute approximate surface area is 126 Å². The van der Waals surface area contributed by atoms with E-state index in [0.29, 0.717) is 6.20 Å². The highest BCUT2D eigenvalue weighted by Crippen LogP contribution is 2.33. The number of halogens is 4. The smallest absolute Gasteiger partial charge is 0.350 e. The molecule has 4 nitrogen and oxygen atoms in total. The molecule has 118 valence electrons. The second kappa shape index (κ2) is 6.09. The van der Waals surface area contributed by atoms with Gasteiger partial charge in [0.25, 0.3) is 0 Å². The minimum absolute atomic E-state index is 0.0602. The highest BCUT2D eigenvalue weighted by molar-refractivity contribution is 6.33. The molecule has 0 spiro atoms. The van der Waals surface area contributed by atoms with Crippen molar-refractivity contribution in [2.24, 2.45) is 0 Å². The van der Waals surface area contributed by atoms with Crippen LogP contribution in [-0.4, -0.2) is 30.0 Å². The zero-order valence-corrected chi connectivity index (χ0v) is 12.9.